The number of esters is 1. The summed E-state index contributed by atoms with van der Waals surface area (Å²) in [5.74, 6) is -1.49. The van der Waals surface area contributed by atoms with Crippen molar-refractivity contribution >= 4 is 46.8 Å². The van der Waals surface area contributed by atoms with E-state index in [1.807, 2.05) is 0 Å². The lowest BCUT2D eigenvalue weighted by Crippen LogP contribution is -2.22. The maximum Gasteiger partial charge on any atom is 0.346 e. The average Bonchev–Trinajstić information content (AvgIpc) is 2.81. The quantitative estimate of drug-likeness (QED) is 0.804. The molecule has 0 unspecified atom stereocenters. The van der Waals surface area contributed by atoms with E-state index in [-0.39, 0.29) is 28.0 Å². The minimum atomic E-state index is -0.817. The third-order valence-electron chi connectivity index (χ3n) is 2.79. The SMILES string of the molecule is Cc1nc(NC(=O)COC(=O)c2c(C)noc2N)c(Cl)cc1Cl. The summed E-state index contributed by atoms with van der Waals surface area (Å²) in [6.45, 7) is 2.63. The lowest BCUT2D eigenvalue weighted by Gasteiger charge is -2.08. The molecule has 2 heterocycles. The third-order valence-corrected chi connectivity index (χ3v) is 3.46. The molecule has 0 fully saturated rings. The number of carbonyl (C=O) groups is 2. The number of aryl methyl sites for hydroxylation is 2. The smallest absolute Gasteiger partial charge is 0.346 e. The first-order valence-corrected chi connectivity index (χ1v) is 7.06. The summed E-state index contributed by atoms with van der Waals surface area (Å²) >= 11 is 11.8. The fraction of sp³-hybridized carbons (Fsp3) is 0.231. The topological polar surface area (TPSA) is 120 Å². The Morgan fingerprint density at radius 3 is 2.61 bits per heavy atom. The van der Waals surface area contributed by atoms with Gasteiger partial charge in [-0.3, -0.25) is 4.79 Å². The van der Waals surface area contributed by atoms with E-state index in [9.17, 15) is 9.59 Å². The third kappa shape index (κ3) is 3.91. The van der Waals surface area contributed by atoms with Gasteiger partial charge in [-0.1, -0.05) is 28.4 Å². The summed E-state index contributed by atoms with van der Waals surface area (Å²) in [5, 5.41) is 6.48. The van der Waals surface area contributed by atoms with Crippen LogP contribution in [0.4, 0.5) is 11.7 Å². The maximum absolute atomic E-state index is 11.8. The number of rotatable bonds is 4. The molecule has 0 atom stereocenters. The molecule has 0 spiro atoms. The van der Waals surface area contributed by atoms with E-state index in [0.29, 0.717) is 10.7 Å². The number of carbonyl (C=O) groups excluding carboxylic acids is 2. The molecule has 0 aromatic carbocycles. The number of hydrogen-bond acceptors (Lipinski definition) is 7. The summed E-state index contributed by atoms with van der Waals surface area (Å²) in [6.07, 6.45) is 0. The molecule has 0 aliphatic carbocycles. The standard InChI is InChI=1S/C13H12Cl2N4O4/c1-5-7(14)3-8(15)12(17-5)18-9(20)4-22-13(21)10-6(2)19-23-11(10)16/h3H,4,16H2,1-2H3,(H,17,18,20). The lowest BCUT2D eigenvalue weighted by molar-refractivity contribution is -0.119. The molecule has 0 aliphatic rings. The zero-order valence-corrected chi connectivity index (χ0v) is 13.7. The highest BCUT2D eigenvalue weighted by molar-refractivity contribution is 6.36. The van der Waals surface area contributed by atoms with Gasteiger partial charge in [0.25, 0.3) is 5.91 Å². The van der Waals surface area contributed by atoms with Gasteiger partial charge in [0, 0.05) is 0 Å². The Hall–Kier alpha value is -2.32. The van der Waals surface area contributed by atoms with Crippen LogP contribution >= 0.6 is 23.2 Å². The van der Waals surface area contributed by atoms with Crippen LogP contribution in [0.15, 0.2) is 10.6 Å². The van der Waals surface area contributed by atoms with Crippen molar-refractivity contribution in [2.45, 2.75) is 13.8 Å². The highest BCUT2D eigenvalue weighted by atomic mass is 35.5. The normalized spacial score (nSPS) is 10.4. The highest BCUT2D eigenvalue weighted by Crippen LogP contribution is 2.25. The van der Waals surface area contributed by atoms with Gasteiger partial charge in [0.05, 0.1) is 21.4 Å². The number of anilines is 2. The van der Waals surface area contributed by atoms with Crippen molar-refractivity contribution in [1.29, 1.82) is 0 Å². The van der Waals surface area contributed by atoms with Gasteiger partial charge in [-0.15, -0.1) is 0 Å². The molecule has 23 heavy (non-hydrogen) atoms. The molecule has 3 N–H and O–H groups in total. The van der Waals surface area contributed by atoms with Crippen LogP contribution in [-0.2, 0) is 9.53 Å². The van der Waals surface area contributed by atoms with Crippen molar-refractivity contribution in [2.75, 3.05) is 17.7 Å². The first-order valence-electron chi connectivity index (χ1n) is 6.31. The van der Waals surface area contributed by atoms with Crippen LogP contribution in [0.2, 0.25) is 10.0 Å². The molecule has 0 aliphatic heterocycles. The summed E-state index contributed by atoms with van der Waals surface area (Å²) in [4.78, 5) is 27.7. The average molecular weight is 359 g/mol. The molecular formula is C13H12Cl2N4O4. The van der Waals surface area contributed by atoms with Crippen LogP contribution in [0.1, 0.15) is 21.7 Å². The second-order valence-electron chi connectivity index (χ2n) is 4.52. The monoisotopic (exact) mass is 358 g/mol. The predicted molar refractivity (Wildman–Crippen MR) is 83.6 cm³/mol. The van der Waals surface area contributed by atoms with Crippen molar-refractivity contribution in [2.24, 2.45) is 0 Å². The molecule has 10 heteroatoms. The van der Waals surface area contributed by atoms with Crippen LogP contribution in [0, 0.1) is 13.8 Å². The molecule has 2 rings (SSSR count). The molecule has 0 saturated carbocycles. The minimum absolute atomic E-state index is 0.0173. The van der Waals surface area contributed by atoms with Gasteiger partial charge in [-0.25, -0.2) is 9.78 Å². The maximum atomic E-state index is 11.8. The zero-order valence-electron chi connectivity index (χ0n) is 12.1. The fourth-order valence-corrected chi connectivity index (χ4v) is 2.06. The van der Waals surface area contributed by atoms with E-state index >= 15 is 0 Å². The number of aromatic nitrogens is 2. The summed E-state index contributed by atoms with van der Waals surface area (Å²) < 4.78 is 9.49. The number of nitrogens with zero attached hydrogens (tertiary/aromatic N) is 2. The Labute approximate surface area is 140 Å². The van der Waals surface area contributed by atoms with Crippen LogP contribution in [0.25, 0.3) is 0 Å². The van der Waals surface area contributed by atoms with E-state index in [0.717, 1.165) is 0 Å². The summed E-state index contributed by atoms with van der Waals surface area (Å²) in [6, 6.07) is 1.45. The van der Waals surface area contributed by atoms with Gasteiger partial charge in [-0.2, -0.15) is 0 Å². The fourth-order valence-electron chi connectivity index (χ4n) is 1.65. The van der Waals surface area contributed by atoms with Crippen LogP contribution in [0.3, 0.4) is 0 Å². The van der Waals surface area contributed by atoms with Gasteiger partial charge < -0.3 is 20.3 Å². The van der Waals surface area contributed by atoms with Crippen LogP contribution in [0.5, 0.6) is 0 Å². The lowest BCUT2D eigenvalue weighted by atomic mass is 10.2. The Bertz CT molecular complexity index is 756. The second kappa shape index (κ2) is 6.84. The van der Waals surface area contributed by atoms with Crippen molar-refractivity contribution < 1.29 is 18.8 Å². The predicted octanol–water partition coefficient (Wildman–Crippen LogP) is 2.37. The number of nitrogens with two attached hydrogens (primary N) is 1. The summed E-state index contributed by atoms with van der Waals surface area (Å²) in [7, 11) is 0. The Kier molecular flexibility index (Phi) is 5.07. The molecule has 122 valence electrons. The van der Waals surface area contributed by atoms with Crippen molar-refractivity contribution in [3.63, 3.8) is 0 Å². The molecular weight excluding hydrogens is 347 g/mol. The number of nitrogens with one attached hydrogen (secondary N) is 1. The van der Waals surface area contributed by atoms with Crippen molar-refractivity contribution in [1.82, 2.24) is 10.1 Å². The number of halogens is 2. The minimum Gasteiger partial charge on any atom is -0.452 e. The number of amides is 1. The first kappa shape index (κ1) is 17.0. The van der Waals surface area contributed by atoms with Crippen LogP contribution < -0.4 is 11.1 Å². The first-order chi connectivity index (χ1) is 10.8. The largest absolute Gasteiger partial charge is 0.452 e. The van der Waals surface area contributed by atoms with E-state index in [4.69, 9.17) is 33.7 Å². The molecule has 1 amide bonds. The molecule has 0 bridgehead atoms. The van der Waals surface area contributed by atoms with Gasteiger partial charge in [0.2, 0.25) is 5.88 Å². The van der Waals surface area contributed by atoms with Crippen LogP contribution in [-0.4, -0.2) is 28.6 Å². The Morgan fingerprint density at radius 1 is 1.30 bits per heavy atom. The van der Waals surface area contributed by atoms with Gasteiger partial charge in [0.1, 0.15) is 5.56 Å². The molecule has 0 radical (unpaired) electrons. The van der Waals surface area contributed by atoms with Gasteiger partial charge >= 0.3 is 5.97 Å². The van der Waals surface area contributed by atoms with E-state index in [1.165, 1.54) is 13.0 Å². The van der Waals surface area contributed by atoms with Gasteiger partial charge in [-0.05, 0) is 19.9 Å². The molecule has 2 aromatic heterocycles. The van der Waals surface area contributed by atoms with Crippen molar-refractivity contribution in [3.8, 4) is 0 Å². The highest BCUT2D eigenvalue weighted by Gasteiger charge is 2.21. The van der Waals surface area contributed by atoms with E-state index < -0.39 is 18.5 Å². The molecule has 8 nitrogen and oxygen atoms in total. The van der Waals surface area contributed by atoms with Crippen molar-refractivity contribution in [3.05, 3.63) is 33.1 Å². The van der Waals surface area contributed by atoms with Gasteiger partial charge in [0.15, 0.2) is 12.4 Å². The molecule has 0 saturated heterocycles. The second-order valence-corrected chi connectivity index (χ2v) is 5.33. The Morgan fingerprint density at radius 2 is 2.00 bits per heavy atom. The Balaban J connectivity index is 1.98. The zero-order chi connectivity index (χ0) is 17.1. The van der Waals surface area contributed by atoms with E-state index in [2.05, 4.69) is 20.0 Å². The molecule has 2 aromatic rings. The van der Waals surface area contributed by atoms with E-state index in [1.54, 1.807) is 6.92 Å². The number of pyridine rings is 1. The number of nitrogen functional groups attached to an aromatic ring is 1. The summed E-state index contributed by atoms with van der Waals surface area (Å²) in [5.41, 5.74) is 6.20. The number of ether oxygens (including phenoxy) is 1. The number of hydrogen-bond donors (Lipinski definition) is 2.